The first-order valence-corrected chi connectivity index (χ1v) is 8.06. The minimum absolute atomic E-state index is 0.774. The molecule has 0 aliphatic heterocycles. The quantitative estimate of drug-likeness (QED) is 0.536. The highest BCUT2D eigenvalue weighted by atomic mass is 28.3. The highest BCUT2D eigenvalue weighted by Gasteiger charge is 2.60. The molecule has 0 atom stereocenters. The van der Waals surface area contributed by atoms with E-state index in [4.69, 9.17) is 0 Å². The topological polar surface area (TPSA) is 0 Å². The molecule has 0 aromatic heterocycles. The Kier molecular flexibility index (Phi) is 1.16. The molecule has 0 spiro atoms. The molecule has 0 radical (unpaired) electrons. The van der Waals surface area contributed by atoms with Crippen molar-refractivity contribution in [2.45, 2.75) is 50.4 Å². The van der Waals surface area contributed by atoms with E-state index < -0.39 is 8.07 Å². The fourth-order valence-electron chi connectivity index (χ4n) is 2.54. The molecular formula is C9H18Si. The van der Waals surface area contributed by atoms with Crippen LogP contribution in [0.15, 0.2) is 0 Å². The second-order valence-corrected chi connectivity index (χ2v) is 10.7. The van der Waals surface area contributed by atoms with Gasteiger partial charge in [0.15, 0.2) is 0 Å². The summed E-state index contributed by atoms with van der Waals surface area (Å²) in [6, 6.07) is 0. The van der Waals surface area contributed by atoms with Gasteiger partial charge in [-0.2, -0.15) is 0 Å². The van der Waals surface area contributed by atoms with Crippen molar-refractivity contribution >= 4 is 8.07 Å². The fraction of sp³-hybridized carbons (Fsp3) is 1.00. The van der Waals surface area contributed by atoms with Crippen molar-refractivity contribution in [1.29, 1.82) is 0 Å². The molecule has 0 N–H and O–H groups in total. The van der Waals surface area contributed by atoms with E-state index in [0.717, 1.165) is 5.04 Å². The molecular weight excluding hydrogens is 136 g/mol. The minimum Gasteiger partial charge on any atom is -0.0691 e. The molecule has 10 heavy (non-hydrogen) atoms. The van der Waals surface area contributed by atoms with Crippen LogP contribution in [-0.4, -0.2) is 8.07 Å². The first-order chi connectivity index (χ1) is 4.56. The van der Waals surface area contributed by atoms with Crippen molar-refractivity contribution in [1.82, 2.24) is 0 Å². The highest BCUT2D eigenvalue weighted by Crippen LogP contribution is 2.72. The lowest BCUT2D eigenvalue weighted by molar-refractivity contribution is 0.707. The average molecular weight is 154 g/mol. The van der Waals surface area contributed by atoms with Gasteiger partial charge in [0.05, 0.1) is 8.07 Å². The zero-order valence-corrected chi connectivity index (χ0v) is 8.41. The maximum Gasteiger partial charge on any atom is 0.0509 e. The Hall–Kier alpha value is 0.217. The lowest BCUT2D eigenvalue weighted by Crippen LogP contribution is -2.30. The van der Waals surface area contributed by atoms with Crippen LogP contribution in [0.3, 0.4) is 0 Å². The fourth-order valence-corrected chi connectivity index (χ4v) is 5.68. The Labute approximate surface area is 65.0 Å². The summed E-state index contributed by atoms with van der Waals surface area (Å²) >= 11 is 0. The molecule has 2 aliphatic carbocycles. The molecule has 2 fully saturated rings. The van der Waals surface area contributed by atoms with Crippen LogP contribution in [0.25, 0.3) is 0 Å². The molecule has 0 aromatic rings. The van der Waals surface area contributed by atoms with E-state index in [2.05, 4.69) is 19.6 Å². The van der Waals surface area contributed by atoms with Gasteiger partial charge in [-0.05, 0) is 36.6 Å². The van der Waals surface area contributed by atoms with Gasteiger partial charge in [-0.25, -0.2) is 0 Å². The first kappa shape index (κ1) is 6.90. The maximum atomic E-state index is 2.55. The Morgan fingerprint density at radius 2 is 1.60 bits per heavy atom. The molecule has 0 bridgehead atoms. The summed E-state index contributed by atoms with van der Waals surface area (Å²) in [7, 11) is -0.774. The maximum absolute atomic E-state index is 2.55. The highest BCUT2D eigenvalue weighted by molar-refractivity contribution is 6.80. The normalized spacial score (nSPS) is 30.3. The second-order valence-electron chi connectivity index (χ2n) is 5.18. The molecule has 2 aliphatic rings. The third-order valence-electron chi connectivity index (χ3n) is 3.64. The Morgan fingerprint density at radius 1 is 1.10 bits per heavy atom. The SMILES string of the molecule is C[Si](C)(C)C1(C2CC2)CC1. The summed E-state index contributed by atoms with van der Waals surface area (Å²) in [5, 5.41) is 0.938. The van der Waals surface area contributed by atoms with Crippen LogP contribution in [-0.2, 0) is 0 Å². The van der Waals surface area contributed by atoms with Crippen LogP contribution in [0.2, 0.25) is 24.7 Å². The van der Waals surface area contributed by atoms with E-state index in [0.29, 0.717) is 0 Å². The van der Waals surface area contributed by atoms with Gasteiger partial charge >= 0.3 is 0 Å². The molecule has 58 valence electrons. The zero-order chi connectivity index (χ0) is 7.41. The second kappa shape index (κ2) is 1.69. The smallest absolute Gasteiger partial charge is 0.0509 e. The van der Waals surface area contributed by atoms with Crippen molar-refractivity contribution in [2.75, 3.05) is 0 Å². The van der Waals surface area contributed by atoms with Crippen LogP contribution in [0.1, 0.15) is 25.7 Å². The van der Waals surface area contributed by atoms with Crippen LogP contribution in [0, 0.1) is 5.92 Å². The summed E-state index contributed by atoms with van der Waals surface area (Å²) in [5.74, 6) is 1.18. The summed E-state index contributed by atoms with van der Waals surface area (Å²) in [5.41, 5.74) is 0. The standard InChI is InChI=1S/C9H18Si/c1-10(2,3)9(6-7-9)8-4-5-8/h8H,4-7H2,1-3H3. The van der Waals surface area contributed by atoms with Crippen LogP contribution in [0.4, 0.5) is 0 Å². The van der Waals surface area contributed by atoms with Gasteiger partial charge in [0, 0.05) is 0 Å². The summed E-state index contributed by atoms with van der Waals surface area (Å²) in [6.45, 7) is 7.66. The monoisotopic (exact) mass is 154 g/mol. The molecule has 0 aromatic carbocycles. The Balaban J connectivity index is 2.13. The lowest BCUT2D eigenvalue weighted by atomic mass is 10.3. The molecule has 0 nitrogen and oxygen atoms in total. The van der Waals surface area contributed by atoms with Gasteiger partial charge in [0.1, 0.15) is 0 Å². The van der Waals surface area contributed by atoms with Crippen molar-refractivity contribution in [2.24, 2.45) is 5.92 Å². The van der Waals surface area contributed by atoms with Crippen molar-refractivity contribution < 1.29 is 0 Å². The average Bonchev–Trinajstić information content (AvgIpc) is 2.56. The predicted molar refractivity (Wildman–Crippen MR) is 48.0 cm³/mol. The van der Waals surface area contributed by atoms with Crippen LogP contribution >= 0.6 is 0 Å². The third kappa shape index (κ3) is 0.794. The van der Waals surface area contributed by atoms with Gasteiger partial charge < -0.3 is 0 Å². The first-order valence-electron chi connectivity index (χ1n) is 4.56. The van der Waals surface area contributed by atoms with Crippen molar-refractivity contribution in [3.05, 3.63) is 0 Å². The van der Waals surface area contributed by atoms with Gasteiger partial charge in [0.25, 0.3) is 0 Å². The number of hydrogen-bond acceptors (Lipinski definition) is 0. The number of rotatable bonds is 2. The largest absolute Gasteiger partial charge is 0.0691 e. The molecule has 0 heterocycles. The van der Waals surface area contributed by atoms with E-state index in [9.17, 15) is 0 Å². The van der Waals surface area contributed by atoms with Crippen LogP contribution in [0.5, 0.6) is 0 Å². The third-order valence-corrected chi connectivity index (χ3v) is 7.54. The van der Waals surface area contributed by atoms with E-state index in [1.54, 1.807) is 25.7 Å². The molecule has 0 amide bonds. The number of hydrogen-bond donors (Lipinski definition) is 0. The van der Waals surface area contributed by atoms with E-state index in [1.807, 2.05) is 0 Å². The Bertz CT molecular complexity index is 147. The van der Waals surface area contributed by atoms with Gasteiger partial charge in [-0.3, -0.25) is 0 Å². The zero-order valence-electron chi connectivity index (χ0n) is 7.41. The summed E-state index contributed by atoms with van der Waals surface area (Å²) in [4.78, 5) is 0. The predicted octanol–water partition coefficient (Wildman–Crippen LogP) is 3.27. The molecule has 2 rings (SSSR count). The van der Waals surface area contributed by atoms with Crippen LogP contribution < -0.4 is 0 Å². The van der Waals surface area contributed by atoms with Crippen molar-refractivity contribution in [3.63, 3.8) is 0 Å². The van der Waals surface area contributed by atoms with E-state index >= 15 is 0 Å². The summed E-state index contributed by atoms with van der Waals surface area (Å²) < 4.78 is 0. The van der Waals surface area contributed by atoms with E-state index in [-0.39, 0.29) is 0 Å². The van der Waals surface area contributed by atoms with Gasteiger partial charge in [-0.1, -0.05) is 19.6 Å². The molecule has 1 heteroatoms. The summed E-state index contributed by atoms with van der Waals surface area (Å²) in [6.07, 6.45) is 6.27. The lowest BCUT2D eigenvalue weighted by Gasteiger charge is -2.28. The molecule has 0 saturated heterocycles. The Morgan fingerprint density at radius 3 is 1.70 bits per heavy atom. The molecule has 0 unspecified atom stereocenters. The van der Waals surface area contributed by atoms with Crippen molar-refractivity contribution in [3.8, 4) is 0 Å². The van der Waals surface area contributed by atoms with Gasteiger partial charge in [-0.15, -0.1) is 0 Å². The van der Waals surface area contributed by atoms with E-state index in [1.165, 1.54) is 5.92 Å². The minimum atomic E-state index is -0.774. The van der Waals surface area contributed by atoms with Gasteiger partial charge in [0.2, 0.25) is 0 Å². The molecule has 2 saturated carbocycles.